The highest BCUT2D eigenvalue weighted by Gasteiger charge is 2.11. The number of carbonyl (C=O) groups is 1. The summed E-state index contributed by atoms with van der Waals surface area (Å²) in [6.45, 7) is 4.64. The average molecular weight is 230 g/mol. The number of rotatable bonds is 9. The van der Waals surface area contributed by atoms with Crippen LogP contribution in [0, 0.1) is 0 Å². The van der Waals surface area contributed by atoms with Gasteiger partial charge in [-0.25, -0.2) is 0 Å². The molecular weight excluding hydrogens is 204 g/mol. The van der Waals surface area contributed by atoms with Gasteiger partial charge in [0.05, 0.1) is 12.6 Å². The van der Waals surface area contributed by atoms with Crippen LogP contribution < -0.4 is 11.1 Å². The molecule has 4 nitrogen and oxygen atoms in total. The summed E-state index contributed by atoms with van der Waals surface area (Å²) in [6.07, 6.45) is 4.47. The molecule has 0 aromatic heterocycles. The summed E-state index contributed by atoms with van der Waals surface area (Å²) < 4.78 is 5.09. The van der Waals surface area contributed by atoms with Crippen molar-refractivity contribution in [3.05, 3.63) is 0 Å². The van der Waals surface area contributed by atoms with Crippen molar-refractivity contribution in [1.82, 2.24) is 5.32 Å². The Kier molecular flexibility index (Phi) is 9.24. The Bertz CT molecular complexity index is 184. The molecule has 2 atom stereocenters. The Morgan fingerprint density at radius 2 is 2.12 bits per heavy atom. The Balaban J connectivity index is 3.82. The third-order valence-electron chi connectivity index (χ3n) is 2.47. The first-order valence-corrected chi connectivity index (χ1v) is 6.14. The molecular formula is C12H26N2O2. The van der Waals surface area contributed by atoms with Crippen LogP contribution in [-0.4, -0.2) is 31.7 Å². The lowest BCUT2D eigenvalue weighted by Gasteiger charge is -2.17. The molecule has 0 aliphatic carbocycles. The molecule has 0 aliphatic rings. The summed E-state index contributed by atoms with van der Waals surface area (Å²) in [5.41, 5.74) is 5.61. The zero-order valence-electron chi connectivity index (χ0n) is 10.8. The standard InChI is InChI=1S/C12H26N2O2/c1-4-5-6-11(9-16-3)14-12(15)8-7-10(2)13/h10-11H,4-9,13H2,1-3H3,(H,14,15). The van der Waals surface area contributed by atoms with E-state index in [1.807, 2.05) is 6.92 Å². The SMILES string of the molecule is CCCCC(COC)NC(=O)CCC(C)N. The maximum atomic E-state index is 11.6. The Labute approximate surface area is 98.9 Å². The quantitative estimate of drug-likeness (QED) is 0.630. The van der Waals surface area contributed by atoms with Crippen LogP contribution in [0.3, 0.4) is 0 Å². The van der Waals surface area contributed by atoms with E-state index >= 15 is 0 Å². The van der Waals surface area contributed by atoms with Gasteiger partial charge in [0.15, 0.2) is 0 Å². The van der Waals surface area contributed by atoms with Crippen LogP contribution in [0.5, 0.6) is 0 Å². The third kappa shape index (κ3) is 8.68. The topological polar surface area (TPSA) is 64.3 Å². The van der Waals surface area contributed by atoms with Gasteiger partial charge in [-0.2, -0.15) is 0 Å². The van der Waals surface area contributed by atoms with E-state index in [2.05, 4.69) is 12.2 Å². The van der Waals surface area contributed by atoms with Gasteiger partial charge in [0, 0.05) is 19.6 Å². The molecule has 0 aliphatic heterocycles. The van der Waals surface area contributed by atoms with E-state index in [1.165, 1.54) is 0 Å². The number of hydrogen-bond acceptors (Lipinski definition) is 3. The number of carbonyl (C=O) groups excluding carboxylic acids is 1. The molecule has 3 N–H and O–H groups in total. The number of ether oxygens (including phenoxy) is 1. The number of amides is 1. The molecule has 0 rings (SSSR count). The summed E-state index contributed by atoms with van der Waals surface area (Å²) in [5.74, 6) is 0.0791. The molecule has 0 saturated heterocycles. The first-order chi connectivity index (χ1) is 7.60. The lowest BCUT2D eigenvalue weighted by molar-refractivity contribution is -0.122. The van der Waals surface area contributed by atoms with Gasteiger partial charge in [-0.1, -0.05) is 19.8 Å². The normalized spacial score (nSPS) is 14.5. The van der Waals surface area contributed by atoms with Crippen LogP contribution in [0.25, 0.3) is 0 Å². The second-order valence-electron chi connectivity index (χ2n) is 4.38. The van der Waals surface area contributed by atoms with E-state index in [0.717, 1.165) is 25.7 Å². The van der Waals surface area contributed by atoms with Gasteiger partial charge in [-0.15, -0.1) is 0 Å². The van der Waals surface area contributed by atoms with Crippen molar-refractivity contribution in [2.45, 2.75) is 58.0 Å². The summed E-state index contributed by atoms with van der Waals surface area (Å²) in [4.78, 5) is 11.6. The number of unbranched alkanes of at least 4 members (excludes halogenated alkanes) is 1. The van der Waals surface area contributed by atoms with Crippen LogP contribution in [0.15, 0.2) is 0 Å². The van der Waals surface area contributed by atoms with Gasteiger partial charge < -0.3 is 15.8 Å². The Morgan fingerprint density at radius 1 is 1.44 bits per heavy atom. The smallest absolute Gasteiger partial charge is 0.220 e. The molecule has 0 aromatic carbocycles. The van der Waals surface area contributed by atoms with Crippen molar-refractivity contribution >= 4 is 5.91 Å². The second kappa shape index (κ2) is 9.60. The lowest BCUT2D eigenvalue weighted by Crippen LogP contribution is -2.38. The van der Waals surface area contributed by atoms with Gasteiger partial charge in [0.1, 0.15) is 0 Å². The third-order valence-corrected chi connectivity index (χ3v) is 2.47. The zero-order valence-corrected chi connectivity index (χ0v) is 10.8. The minimum Gasteiger partial charge on any atom is -0.383 e. The van der Waals surface area contributed by atoms with Gasteiger partial charge in [0.25, 0.3) is 0 Å². The molecule has 0 fully saturated rings. The molecule has 0 saturated carbocycles. The van der Waals surface area contributed by atoms with Crippen LogP contribution in [0.4, 0.5) is 0 Å². The minimum atomic E-state index is 0.0791. The molecule has 0 radical (unpaired) electrons. The fraction of sp³-hybridized carbons (Fsp3) is 0.917. The van der Waals surface area contributed by atoms with E-state index in [4.69, 9.17) is 10.5 Å². The zero-order chi connectivity index (χ0) is 12.4. The highest BCUT2D eigenvalue weighted by Crippen LogP contribution is 2.02. The van der Waals surface area contributed by atoms with E-state index < -0.39 is 0 Å². The van der Waals surface area contributed by atoms with Crippen LogP contribution in [0.2, 0.25) is 0 Å². The van der Waals surface area contributed by atoms with Crippen molar-refractivity contribution in [3.63, 3.8) is 0 Å². The highest BCUT2D eigenvalue weighted by atomic mass is 16.5. The van der Waals surface area contributed by atoms with E-state index in [9.17, 15) is 4.79 Å². The number of nitrogens with one attached hydrogen (secondary N) is 1. The molecule has 16 heavy (non-hydrogen) atoms. The van der Waals surface area contributed by atoms with E-state index in [1.54, 1.807) is 7.11 Å². The average Bonchev–Trinajstić information content (AvgIpc) is 2.23. The van der Waals surface area contributed by atoms with Crippen molar-refractivity contribution < 1.29 is 9.53 Å². The summed E-state index contributed by atoms with van der Waals surface area (Å²) in [7, 11) is 1.66. The predicted octanol–water partition coefficient (Wildman–Crippen LogP) is 1.44. The maximum Gasteiger partial charge on any atom is 0.220 e. The van der Waals surface area contributed by atoms with Gasteiger partial charge in [-0.05, 0) is 19.8 Å². The van der Waals surface area contributed by atoms with Crippen LogP contribution >= 0.6 is 0 Å². The fourth-order valence-electron chi connectivity index (χ4n) is 1.51. The highest BCUT2D eigenvalue weighted by molar-refractivity contribution is 5.76. The molecule has 0 aromatic rings. The Hall–Kier alpha value is -0.610. The maximum absolute atomic E-state index is 11.6. The predicted molar refractivity (Wildman–Crippen MR) is 66.2 cm³/mol. The summed E-state index contributed by atoms with van der Waals surface area (Å²) >= 11 is 0. The summed E-state index contributed by atoms with van der Waals surface area (Å²) in [6, 6.07) is 0.229. The lowest BCUT2D eigenvalue weighted by atomic mass is 10.1. The van der Waals surface area contributed by atoms with Crippen LogP contribution in [0.1, 0.15) is 46.0 Å². The van der Waals surface area contributed by atoms with Gasteiger partial charge >= 0.3 is 0 Å². The molecule has 0 spiro atoms. The monoisotopic (exact) mass is 230 g/mol. The first-order valence-electron chi connectivity index (χ1n) is 6.14. The minimum absolute atomic E-state index is 0.0791. The summed E-state index contributed by atoms with van der Waals surface area (Å²) in [5, 5.41) is 2.99. The number of methoxy groups -OCH3 is 1. The fourth-order valence-corrected chi connectivity index (χ4v) is 1.51. The largest absolute Gasteiger partial charge is 0.383 e. The van der Waals surface area contributed by atoms with Gasteiger partial charge in [0.2, 0.25) is 5.91 Å². The molecule has 1 amide bonds. The van der Waals surface area contributed by atoms with Crippen LogP contribution in [-0.2, 0) is 9.53 Å². The number of hydrogen-bond donors (Lipinski definition) is 2. The van der Waals surface area contributed by atoms with Crippen molar-refractivity contribution in [2.75, 3.05) is 13.7 Å². The molecule has 2 unspecified atom stereocenters. The van der Waals surface area contributed by atoms with E-state index in [-0.39, 0.29) is 18.0 Å². The van der Waals surface area contributed by atoms with E-state index in [0.29, 0.717) is 13.0 Å². The molecule has 0 bridgehead atoms. The van der Waals surface area contributed by atoms with Gasteiger partial charge in [-0.3, -0.25) is 4.79 Å². The first kappa shape index (κ1) is 15.4. The molecule has 4 heteroatoms. The molecule has 0 heterocycles. The molecule has 96 valence electrons. The second-order valence-corrected chi connectivity index (χ2v) is 4.38. The Morgan fingerprint density at radius 3 is 2.62 bits per heavy atom. The van der Waals surface area contributed by atoms with Crippen molar-refractivity contribution in [3.8, 4) is 0 Å². The van der Waals surface area contributed by atoms with Crippen molar-refractivity contribution in [2.24, 2.45) is 5.73 Å². The van der Waals surface area contributed by atoms with Crippen molar-refractivity contribution in [1.29, 1.82) is 0 Å². The number of nitrogens with two attached hydrogens (primary N) is 1.